The molecule has 1 amide bonds. The van der Waals surface area contributed by atoms with Gasteiger partial charge in [0.05, 0.1) is 23.7 Å². The average Bonchev–Trinajstić information content (AvgIpc) is 3.32. The zero-order chi connectivity index (χ0) is 23.9. The molecule has 2 aromatic carbocycles. The Morgan fingerprint density at radius 1 is 1.06 bits per heavy atom. The van der Waals surface area contributed by atoms with Crippen molar-refractivity contribution in [2.45, 2.75) is 37.5 Å². The summed E-state index contributed by atoms with van der Waals surface area (Å²) in [5.74, 6) is -0.115. The van der Waals surface area contributed by atoms with E-state index in [-0.39, 0.29) is 23.7 Å². The summed E-state index contributed by atoms with van der Waals surface area (Å²) in [5, 5.41) is 14.2. The third kappa shape index (κ3) is 4.06. The lowest BCUT2D eigenvalue weighted by atomic mass is 9.82. The van der Waals surface area contributed by atoms with Crippen LogP contribution in [0.4, 0.5) is 5.69 Å². The van der Waals surface area contributed by atoms with E-state index in [9.17, 15) is 14.7 Å². The van der Waals surface area contributed by atoms with E-state index >= 15 is 0 Å². The number of amides is 1. The first-order valence-corrected chi connectivity index (χ1v) is 12.0. The highest BCUT2D eigenvalue weighted by Gasteiger charge is 2.49. The predicted octanol–water partition coefficient (Wildman–Crippen LogP) is 1.92. The quantitative estimate of drug-likeness (QED) is 0.604. The van der Waals surface area contributed by atoms with Crippen LogP contribution in [0.2, 0.25) is 0 Å². The molecule has 8 nitrogen and oxygen atoms in total. The highest BCUT2D eigenvalue weighted by atomic mass is 16.3. The van der Waals surface area contributed by atoms with Gasteiger partial charge < -0.3 is 10.4 Å². The second-order valence-corrected chi connectivity index (χ2v) is 9.77. The van der Waals surface area contributed by atoms with Gasteiger partial charge in [0.25, 0.3) is 0 Å². The largest absolute Gasteiger partial charge is 0.390 e. The number of carbonyl (C=O) groups is 1. The van der Waals surface area contributed by atoms with Gasteiger partial charge in [0.2, 0.25) is 5.91 Å². The lowest BCUT2D eigenvalue weighted by Crippen LogP contribution is -2.61. The molecule has 3 aromatic rings. The van der Waals surface area contributed by atoms with Crippen molar-refractivity contribution in [1.29, 1.82) is 0 Å². The number of hydrogen-bond acceptors (Lipinski definition) is 5. The molecule has 2 fully saturated rings. The number of aliphatic hydroxyl groups excluding tert-OH is 1. The molecule has 2 aliphatic rings. The van der Waals surface area contributed by atoms with Crippen molar-refractivity contribution >= 4 is 22.6 Å². The molecule has 1 aromatic heterocycles. The van der Waals surface area contributed by atoms with Gasteiger partial charge in [-0.25, -0.2) is 4.79 Å². The van der Waals surface area contributed by atoms with Crippen LogP contribution < -0.4 is 11.0 Å². The molecule has 2 atom stereocenters. The van der Waals surface area contributed by atoms with Crippen LogP contribution in [-0.2, 0) is 25.4 Å². The number of likely N-dealkylation sites (tertiary alicyclic amines) is 2. The maximum Gasteiger partial charge on any atom is 0.328 e. The van der Waals surface area contributed by atoms with Crippen molar-refractivity contribution in [1.82, 2.24) is 18.9 Å². The van der Waals surface area contributed by atoms with E-state index in [1.807, 2.05) is 29.2 Å². The summed E-state index contributed by atoms with van der Waals surface area (Å²) in [7, 11) is 3.47. The first-order chi connectivity index (χ1) is 16.4. The molecule has 8 heteroatoms. The number of aryl methyl sites for hydroxylation is 2. The molecule has 3 heterocycles. The number of anilines is 1. The van der Waals surface area contributed by atoms with Gasteiger partial charge in [-0.15, -0.1) is 0 Å². The molecule has 0 radical (unpaired) electrons. The van der Waals surface area contributed by atoms with Crippen LogP contribution in [-0.4, -0.2) is 67.8 Å². The van der Waals surface area contributed by atoms with E-state index in [1.165, 1.54) is 5.56 Å². The minimum atomic E-state index is -0.490. The van der Waals surface area contributed by atoms with Crippen LogP contribution in [0.5, 0.6) is 0 Å². The number of fused-ring (bicyclic) bond motifs is 1. The van der Waals surface area contributed by atoms with Gasteiger partial charge in [0.1, 0.15) is 0 Å². The molecule has 2 aliphatic heterocycles. The summed E-state index contributed by atoms with van der Waals surface area (Å²) in [6.45, 7) is 3.35. The fourth-order valence-corrected chi connectivity index (χ4v) is 5.81. The molecular formula is C26H33N5O3. The Morgan fingerprint density at radius 3 is 2.59 bits per heavy atom. The smallest absolute Gasteiger partial charge is 0.328 e. The van der Waals surface area contributed by atoms with Gasteiger partial charge in [0.15, 0.2) is 0 Å². The first kappa shape index (κ1) is 22.8. The van der Waals surface area contributed by atoms with E-state index in [0.717, 1.165) is 49.9 Å². The molecule has 2 N–H and O–H groups in total. The third-order valence-electron chi connectivity index (χ3n) is 7.72. The van der Waals surface area contributed by atoms with Crippen molar-refractivity contribution < 1.29 is 9.90 Å². The molecule has 34 heavy (non-hydrogen) atoms. The van der Waals surface area contributed by atoms with E-state index < -0.39 is 6.10 Å². The van der Waals surface area contributed by atoms with Gasteiger partial charge >= 0.3 is 5.69 Å². The SMILES string of the molecule is Cn1c(=O)n(C)c2cc(NC(=O)CN3CC[C@@]4(CCCN4Cc4ccccc4)[C@@H](O)C3)ccc21. The molecule has 0 bridgehead atoms. The molecule has 5 rings (SSSR count). The van der Waals surface area contributed by atoms with E-state index in [2.05, 4.69) is 34.5 Å². The molecule has 2 saturated heterocycles. The van der Waals surface area contributed by atoms with Gasteiger partial charge in [-0.1, -0.05) is 30.3 Å². The number of aromatic nitrogens is 2. The number of rotatable bonds is 5. The van der Waals surface area contributed by atoms with Crippen molar-refractivity contribution in [3.8, 4) is 0 Å². The van der Waals surface area contributed by atoms with E-state index in [4.69, 9.17) is 0 Å². The summed E-state index contributed by atoms with van der Waals surface area (Å²) in [5.41, 5.74) is 3.24. The van der Waals surface area contributed by atoms with Crippen LogP contribution in [0, 0.1) is 0 Å². The highest BCUT2D eigenvalue weighted by Crippen LogP contribution is 2.39. The Balaban J connectivity index is 1.21. The minimum absolute atomic E-state index is 0.0945. The monoisotopic (exact) mass is 463 g/mol. The first-order valence-electron chi connectivity index (χ1n) is 12.0. The predicted molar refractivity (Wildman–Crippen MR) is 133 cm³/mol. The Morgan fingerprint density at radius 2 is 1.82 bits per heavy atom. The standard InChI is InChI=1S/C26H33N5O3/c1-28-21-10-9-20(15-22(21)29(2)25(28)34)27-24(33)18-30-14-12-26(23(32)17-30)11-6-13-31(26)16-19-7-4-3-5-8-19/h3-5,7-10,15,23,32H,6,11-14,16-18H2,1-2H3,(H,27,33)/t23-,26-/m0/s1. The topological polar surface area (TPSA) is 82.7 Å². The molecule has 180 valence electrons. The number of benzene rings is 2. The van der Waals surface area contributed by atoms with E-state index in [1.54, 1.807) is 23.2 Å². The summed E-state index contributed by atoms with van der Waals surface area (Å²) in [4.78, 5) is 29.4. The number of hydrogen-bond donors (Lipinski definition) is 2. The summed E-state index contributed by atoms with van der Waals surface area (Å²) < 4.78 is 3.17. The fraction of sp³-hybridized carbons (Fsp3) is 0.462. The lowest BCUT2D eigenvalue weighted by Gasteiger charge is -2.48. The van der Waals surface area contributed by atoms with Crippen LogP contribution in [0.1, 0.15) is 24.8 Å². The van der Waals surface area contributed by atoms with E-state index in [0.29, 0.717) is 12.2 Å². The van der Waals surface area contributed by atoms with Crippen molar-refractivity contribution in [2.75, 3.05) is 31.5 Å². The summed E-state index contributed by atoms with van der Waals surface area (Å²) in [6, 6.07) is 15.9. The average molecular weight is 464 g/mol. The second kappa shape index (κ2) is 9.02. The Bertz CT molecular complexity index is 1250. The van der Waals surface area contributed by atoms with Gasteiger partial charge in [-0.05, 0) is 49.6 Å². The number of β-amino-alcohol motifs (C(OH)–C–C–N with tert-alkyl or cyclic N) is 1. The zero-order valence-corrected chi connectivity index (χ0v) is 19.9. The van der Waals surface area contributed by atoms with Crippen molar-refractivity contribution in [3.05, 3.63) is 64.6 Å². The van der Waals surface area contributed by atoms with Crippen molar-refractivity contribution in [2.24, 2.45) is 14.1 Å². The van der Waals surface area contributed by atoms with Crippen LogP contribution >= 0.6 is 0 Å². The minimum Gasteiger partial charge on any atom is -0.390 e. The van der Waals surface area contributed by atoms with Crippen molar-refractivity contribution in [3.63, 3.8) is 0 Å². The van der Waals surface area contributed by atoms with Gasteiger partial charge in [-0.3, -0.25) is 23.7 Å². The maximum absolute atomic E-state index is 12.8. The maximum atomic E-state index is 12.8. The normalized spacial score (nSPS) is 23.7. The fourth-order valence-electron chi connectivity index (χ4n) is 5.81. The molecule has 0 saturated carbocycles. The number of nitrogens with one attached hydrogen (secondary N) is 1. The molecule has 1 spiro atoms. The van der Waals surface area contributed by atoms with Crippen LogP contribution in [0.25, 0.3) is 11.0 Å². The summed E-state index contributed by atoms with van der Waals surface area (Å²) in [6.07, 6.45) is 2.45. The number of aliphatic hydroxyl groups is 1. The third-order valence-corrected chi connectivity index (χ3v) is 7.72. The highest BCUT2D eigenvalue weighted by molar-refractivity contribution is 5.94. The Labute approximate surface area is 199 Å². The number of piperidine rings is 1. The Hall–Kier alpha value is -2.94. The Kier molecular flexibility index (Phi) is 6.06. The van der Waals surface area contributed by atoms with Crippen LogP contribution in [0.15, 0.2) is 53.3 Å². The lowest BCUT2D eigenvalue weighted by molar-refractivity contribution is -0.120. The molecule has 0 aliphatic carbocycles. The number of carbonyl (C=O) groups excluding carboxylic acids is 1. The molecular weight excluding hydrogens is 430 g/mol. The number of nitrogens with zero attached hydrogens (tertiary/aromatic N) is 4. The zero-order valence-electron chi connectivity index (χ0n) is 19.9. The molecule has 0 unspecified atom stereocenters. The van der Waals surface area contributed by atoms with Gasteiger partial charge in [-0.2, -0.15) is 0 Å². The summed E-state index contributed by atoms with van der Waals surface area (Å²) >= 11 is 0. The number of imidazole rings is 1. The van der Waals surface area contributed by atoms with Crippen LogP contribution in [0.3, 0.4) is 0 Å². The second-order valence-electron chi connectivity index (χ2n) is 9.77. The van der Waals surface area contributed by atoms with Gasteiger partial charge in [0, 0.05) is 45.0 Å².